The molecule has 18 heavy (non-hydrogen) atoms. The molecule has 0 bridgehead atoms. The summed E-state index contributed by atoms with van der Waals surface area (Å²) in [6.07, 6.45) is 1.38. The molecule has 0 aromatic carbocycles. The summed E-state index contributed by atoms with van der Waals surface area (Å²) < 4.78 is 0. The van der Waals surface area contributed by atoms with Gasteiger partial charge in [-0.2, -0.15) is 5.10 Å². The fraction of sp³-hybridized carbons (Fsp3) is 0.583. The number of carbonyl (C=O) groups is 1. The van der Waals surface area contributed by atoms with Gasteiger partial charge in [-0.25, -0.2) is 4.79 Å². The Labute approximate surface area is 107 Å². The standard InChI is InChI=1S/C12H20N4O2/c1-4-16(5-2)8-9(3)14-11-10(12(17)18)6-7-13-15-11/h6-7,9H,4-5,8H2,1-3H3,(H,14,15)(H,17,18). The van der Waals surface area contributed by atoms with Crippen molar-refractivity contribution in [1.29, 1.82) is 0 Å². The molecule has 2 N–H and O–H groups in total. The number of nitrogens with zero attached hydrogens (tertiary/aromatic N) is 3. The monoisotopic (exact) mass is 252 g/mol. The summed E-state index contributed by atoms with van der Waals surface area (Å²) in [5.74, 6) is -0.674. The third kappa shape index (κ3) is 3.96. The van der Waals surface area contributed by atoms with Crippen LogP contribution in [0.25, 0.3) is 0 Å². The number of aromatic nitrogens is 2. The molecule has 0 spiro atoms. The number of rotatable bonds is 7. The van der Waals surface area contributed by atoms with E-state index in [0.29, 0.717) is 5.82 Å². The highest BCUT2D eigenvalue weighted by Gasteiger charge is 2.14. The minimum atomic E-state index is -0.998. The molecule has 0 amide bonds. The lowest BCUT2D eigenvalue weighted by Gasteiger charge is -2.23. The molecule has 1 aromatic rings. The minimum absolute atomic E-state index is 0.111. The molecule has 0 aliphatic carbocycles. The van der Waals surface area contributed by atoms with Crippen molar-refractivity contribution in [3.05, 3.63) is 17.8 Å². The molecule has 0 saturated carbocycles. The summed E-state index contributed by atoms with van der Waals surface area (Å²) in [7, 11) is 0. The Morgan fingerprint density at radius 2 is 2.17 bits per heavy atom. The van der Waals surface area contributed by atoms with E-state index in [1.54, 1.807) is 0 Å². The van der Waals surface area contributed by atoms with Crippen LogP contribution in [0.2, 0.25) is 0 Å². The van der Waals surface area contributed by atoms with Gasteiger partial charge in [-0.15, -0.1) is 5.10 Å². The second-order valence-corrected chi connectivity index (χ2v) is 4.13. The highest BCUT2D eigenvalue weighted by atomic mass is 16.4. The van der Waals surface area contributed by atoms with Gasteiger partial charge >= 0.3 is 5.97 Å². The maximum atomic E-state index is 11.0. The third-order valence-corrected chi connectivity index (χ3v) is 2.76. The third-order valence-electron chi connectivity index (χ3n) is 2.76. The van der Waals surface area contributed by atoms with Crippen LogP contribution < -0.4 is 5.32 Å². The van der Waals surface area contributed by atoms with Crippen LogP contribution in [0.3, 0.4) is 0 Å². The van der Waals surface area contributed by atoms with Crippen molar-refractivity contribution >= 4 is 11.8 Å². The normalized spacial score (nSPS) is 12.4. The van der Waals surface area contributed by atoms with E-state index in [9.17, 15) is 4.79 Å². The van der Waals surface area contributed by atoms with Gasteiger partial charge < -0.3 is 15.3 Å². The second-order valence-electron chi connectivity index (χ2n) is 4.13. The number of likely N-dealkylation sites (N-methyl/N-ethyl adjacent to an activating group) is 1. The summed E-state index contributed by atoms with van der Waals surface area (Å²) in [4.78, 5) is 13.3. The van der Waals surface area contributed by atoms with Crippen LogP contribution in [-0.4, -0.2) is 51.8 Å². The van der Waals surface area contributed by atoms with E-state index in [2.05, 4.69) is 34.3 Å². The first-order chi connectivity index (χ1) is 8.58. The maximum Gasteiger partial charge on any atom is 0.339 e. The molecule has 0 aliphatic rings. The molecule has 0 saturated heterocycles. The van der Waals surface area contributed by atoms with Gasteiger partial charge in [0.2, 0.25) is 0 Å². The van der Waals surface area contributed by atoms with Gasteiger partial charge in [0.25, 0.3) is 0 Å². The van der Waals surface area contributed by atoms with Crippen LogP contribution in [0.1, 0.15) is 31.1 Å². The Morgan fingerprint density at radius 3 is 2.72 bits per heavy atom. The molecule has 1 heterocycles. The maximum absolute atomic E-state index is 11.0. The topological polar surface area (TPSA) is 78.3 Å². The summed E-state index contributed by atoms with van der Waals surface area (Å²) in [6.45, 7) is 8.97. The fourth-order valence-corrected chi connectivity index (χ4v) is 1.76. The van der Waals surface area contributed by atoms with Crippen molar-refractivity contribution in [2.45, 2.75) is 26.8 Å². The van der Waals surface area contributed by atoms with E-state index in [-0.39, 0.29) is 11.6 Å². The summed E-state index contributed by atoms with van der Waals surface area (Å²) in [6, 6.07) is 1.56. The van der Waals surface area contributed by atoms with Gasteiger partial charge in [0.1, 0.15) is 5.56 Å². The minimum Gasteiger partial charge on any atom is -0.478 e. The zero-order valence-electron chi connectivity index (χ0n) is 11.1. The molecule has 0 fully saturated rings. The first kappa shape index (κ1) is 14.4. The van der Waals surface area contributed by atoms with Gasteiger partial charge in [0.15, 0.2) is 5.82 Å². The Bertz CT molecular complexity index is 393. The average Bonchev–Trinajstić information content (AvgIpc) is 2.36. The lowest BCUT2D eigenvalue weighted by Crippen LogP contribution is -2.35. The highest BCUT2D eigenvalue weighted by Crippen LogP contribution is 2.11. The van der Waals surface area contributed by atoms with Crippen molar-refractivity contribution in [2.24, 2.45) is 0 Å². The van der Waals surface area contributed by atoms with Crippen molar-refractivity contribution in [2.75, 3.05) is 25.0 Å². The molecule has 0 radical (unpaired) electrons. The highest BCUT2D eigenvalue weighted by molar-refractivity contribution is 5.92. The molecule has 100 valence electrons. The molecule has 6 heteroatoms. The largest absolute Gasteiger partial charge is 0.478 e. The average molecular weight is 252 g/mol. The van der Waals surface area contributed by atoms with E-state index in [1.807, 2.05) is 6.92 Å². The number of nitrogens with one attached hydrogen (secondary N) is 1. The molecule has 1 unspecified atom stereocenters. The van der Waals surface area contributed by atoms with E-state index < -0.39 is 5.97 Å². The van der Waals surface area contributed by atoms with Crippen LogP contribution in [0.5, 0.6) is 0 Å². The van der Waals surface area contributed by atoms with Gasteiger partial charge in [-0.3, -0.25) is 0 Å². The first-order valence-electron chi connectivity index (χ1n) is 6.12. The summed E-state index contributed by atoms with van der Waals surface area (Å²) in [5.41, 5.74) is 0.149. The first-order valence-corrected chi connectivity index (χ1v) is 6.12. The molecule has 6 nitrogen and oxygen atoms in total. The van der Waals surface area contributed by atoms with Gasteiger partial charge in [0.05, 0.1) is 6.20 Å². The van der Waals surface area contributed by atoms with Gasteiger partial charge in [0, 0.05) is 12.6 Å². The lowest BCUT2D eigenvalue weighted by atomic mass is 10.2. The van der Waals surface area contributed by atoms with E-state index in [4.69, 9.17) is 5.11 Å². The van der Waals surface area contributed by atoms with E-state index in [0.717, 1.165) is 19.6 Å². The van der Waals surface area contributed by atoms with Crippen LogP contribution in [0.15, 0.2) is 12.3 Å². The number of hydrogen-bond donors (Lipinski definition) is 2. The van der Waals surface area contributed by atoms with Crippen LogP contribution in [0, 0.1) is 0 Å². The number of carboxylic acid groups (broad SMARTS) is 1. The van der Waals surface area contributed by atoms with Crippen LogP contribution in [0.4, 0.5) is 5.82 Å². The Kier molecular flexibility index (Phi) is 5.51. The number of hydrogen-bond acceptors (Lipinski definition) is 5. The van der Waals surface area contributed by atoms with Crippen molar-refractivity contribution < 1.29 is 9.90 Å². The Hall–Kier alpha value is -1.69. The quantitative estimate of drug-likeness (QED) is 0.762. The zero-order chi connectivity index (χ0) is 13.5. The number of anilines is 1. The lowest BCUT2D eigenvalue weighted by molar-refractivity contribution is 0.0697. The van der Waals surface area contributed by atoms with Crippen molar-refractivity contribution in [3.8, 4) is 0 Å². The molecule has 1 atom stereocenters. The van der Waals surface area contributed by atoms with Crippen molar-refractivity contribution in [3.63, 3.8) is 0 Å². The summed E-state index contributed by atoms with van der Waals surface area (Å²) in [5, 5.41) is 19.7. The van der Waals surface area contributed by atoms with Gasteiger partial charge in [-0.1, -0.05) is 13.8 Å². The summed E-state index contributed by atoms with van der Waals surface area (Å²) >= 11 is 0. The van der Waals surface area contributed by atoms with E-state index >= 15 is 0 Å². The molecular weight excluding hydrogens is 232 g/mol. The van der Waals surface area contributed by atoms with Crippen LogP contribution >= 0.6 is 0 Å². The zero-order valence-corrected chi connectivity index (χ0v) is 11.1. The number of aromatic carboxylic acids is 1. The van der Waals surface area contributed by atoms with Gasteiger partial charge in [-0.05, 0) is 26.1 Å². The molecular formula is C12H20N4O2. The number of carboxylic acids is 1. The van der Waals surface area contributed by atoms with Crippen molar-refractivity contribution in [1.82, 2.24) is 15.1 Å². The molecule has 0 aliphatic heterocycles. The predicted octanol–water partition coefficient (Wildman–Crippen LogP) is 1.32. The van der Waals surface area contributed by atoms with E-state index in [1.165, 1.54) is 12.3 Å². The SMILES string of the molecule is CCN(CC)CC(C)Nc1nnccc1C(=O)O. The second kappa shape index (κ2) is 6.90. The van der Waals surface area contributed by atoms with Crippen LogP contribution in [-0.2, 0) is 0 Å². The predicted molar refractivity (Wildman–Crippen MR) is 69.9 cm³/mol. The molecule has 1 rings (SSSR count). The smallest absolute Gasteiger partial charge is 0.339 e. The fourth-order valence-electron chi connectivity index (χ4n) is 1.76. The molecule has 1 aromatic heterocycles. The Balaban J connectivity index is 2.69. The Morgan fingerprint density at radius 1 is 1.50 bits per heavy atom.